The molecule has 2 rings (SSSR count). The van der Waals surface area contributed by atoms with E-state index in [0.717, 1.165) is 12.8 Å². The SMILES string of the molecule is CCOC(=O)C1CCCN(C(=O)CN2CSCC2=O)C1. The molecule has 2 fully saturated rings. The van der Waals surface area contributed by atoms with Gasteiger partial charge in [0.05, 0.1) is 24.2 Å². The van der Waals surface area contributed by atoms with Crippen LogP contribution in [0.25, 0.3) is 0 Å². The zero-order valence-corrected chi connectivity index (χ0v) is 12.5. The van der Waals surface area contributed by atoms with Crippen molar-refractivity contribution in [2.45, 2.75) is 19.8 Å². The van der Waals surface area contributed by atoms with Crippen LogP contribution in [0.1, 0.15) is 19.8 Å². The van der Waals surface area contributed by atoms with Gasteiger partial charge in [-0.15, -0.1) is 11.8 Å². The monoisotopic (exact) mass is 300 g/mol. The van der Waals surface area contributed by atoms with Gasteiger partial charge in [0.25, 0.3) is 0 Å². The van der Waals surface area contributed by atoms with E-state index in [0.29, 0.717) is 31.3 Å². The Bertz CT molecular complexity index is 402. The first kappa shape index (κ1) is 15.2. The molecule has 112 valence electrons. The van der Waals surface area contributed by atoms with E-state index in [-0.39, 0.29) is 30.2 Å². The lowest BCUT2D eigenvalue weighted by Gasteiger charge is -2.32. The first-order valence-corrected chi connectivity index (χ1v) is 8.07. The maximum absolute atomic E-state index is 12.2. The van der Waals surface area contributed by atoms with E-state index in [1.54, 1.807) is 16.7 Å². The van der Waals surface area contributed by atoms with E-state index in [4.69, 9.17) is 4.74 Å². The molecule has 0 radical (unpaired) electrons. The van der Waals surface area contributed by atoms with Crippen molar-refractivity contribution in [3.8, 4) is 0 Å². The minimum Gasteiger partial charge on any atom is -0.466 e. The van der Waals surface area contributed by atoms with Gasteiger partial charge in [-0.1, -0.05) is 0 Å². The van der Waals surface area contributed by atoms with Crippen molar-refractivity contribution in [2.24, 2.45) is 5.92 Å². The average Bonchev–Trinajstić information content (AvgIpc) is 2.85. The number of piperidine rings is 1. The van der Waals surface area contributed by atoms with Crippen LogP contribution in [0.15, 0.2) is 0 Å². The van der Waals surface area contributed by atoms with Gasteiger partial charge in [0.15, 0.2) is 0 Å². The predicted octanol–water partition coefficient (Wildman–Crippen LogP) is 0.321. The Balaban J connectivity index is 1.86. The number of hydrogen-bond acceptors (Lipinski definition) is 5. The molecule has 0 aromatic heterocycles. The molecule has 7 heteroatoms. The number of carbonyl (C=O) groups is 3. The van der Waals surface area contributed by atoms with Gasteiger partial charge in [0, 0.05) is 13.1 Å². The minimum atomic E-state index is -0.226. The number of hydrogen-bond donors (Lipinski definition) is 0. The number of thioether (sulfide) groups is 1. The molecule has 0 aliphatic carbocycles. The van der Waals surface area contributed by atoms with Crippen LogP contribution in [0.3, 0.4) is 0 Å². The molecule has 2 heterocycles. The van der Waals surface area contributed by atoms with Crippen LogP contribution in [0.5, 0.6) is 0 Å². The molecule has 2 aliphatic rings. The van der Waals surface area contributed by atoms with E-state index in [9.17, 15) is 14.4 Å². The molecule has 6 nitrogen and oxygen atoms in total. The quantitative estimate of drug-likeness (QED) is 0.700. The number of nitrogens with zero attached hydrogens (tertiary/aromatic N) is 2. The Morgan fingerprint density at radius 3 is 2.90 bits per heavy atom. The van der Waals surface area contributed by atoms with Gasteiger partial charge < -0.3 is 14.5 Å². The Morgan fingerprint density at radius 1 is 1.45 bits per heavy atom. The van der Waals surface area contributed by atoms with E-state index >= 15 is 0 Å². The largest absolute Gasteiger partial charge is 0.466 e. The highest BCUT2D eigenvalue weighted by Crippen LogP contribution is 2.19. The van der Waals surface area contributed by atoms with Gasteiger partial charge in [-0.05, 0) is 19.8 Å². The summed E-state index contributed by atoms with van der Waals surface area (Å²) < 4.78 is 5.02. The molecule has 0 saturated carbocycles. The van der Waals surface area contributed by atoms with Crippen molar-refractivity contribution in [1.29, 1.82) is 0 Å². The highest BCUT2D eigenvalue weighted by atomic mass is 32.2. The summed E-state index contributed by atoms with van der Waals surface area (Å²) in [6.07, 6.45) is 1.57. The maximum Gasteiger partial charge on any atom is 0.310 e. The fourth-order valence-corrected chi connectivity index (χ4v) is 3.36. The van der Waals surface area contributed by atoms with Crippen LogP contribution in [0.4, 0.5) is 0 Å². The van der Waals surface area contributed by atoms with Crippen molar-refractivity contribution >= 4 is 29.5 Å². The number of likely N-dealkylation sites (tertiary alicyclic amines) is 1. The Kier molecular flexibility index (Phi) is 5.28. The second kappa shape index (κ2) is 6.97. The van der Waals surface area contributed by atoms with Gasteiger partial charge in [0.1, 0.15) is 6.54 Å². The third-order valence-corrected chi connectivity index (χ3v) is 4.49. The molecule has 0 aromatic rings. The second-order valence-electron chi connectivity index (χ2n) is 5.00. The smallest absolute Gasteiger partial charge is 0.310 e. The summed E-state index contributed by atoms with van der Waals surface area (Å²) in [6.45, 7) is 3.33. The Morgan fingerprint density at radius 2 is 2.25 bits per heavy atom. The molecule has 2 aliphatic heterocycles. The van der Waals surface area contributed by atoms with E-state index < -0.39 is 0 Å². The second-order valence-corrected chi connectivity index (χ2v) is 5.96. The maximum atomic E-state index is 12.2. The summed E-state index contributed by atoms with van der Waals surface area (Å²) in [4.78, 5) is 38.7. The first-order chi connectivity index (χ1) is 9.61. The molecule has 0 spiro atoms. The van der Waals surface area contributed by atoms with Gasteiger partial charge >= 0.3 is 5.97 Å². The molecule has 1 unspecified atom stereocenters. The molecule has 0 bridgehead atoms. The van der Waals surface area contributed by atoms with Gasteiger partial charge in [-0.3, -0.25) is 14.4 Å². The van der Waals surface area contributed by atoms with Crippen LogP contribution in [-0.4, -0.2) is 65.5 Å². The molecule has 20 heavy (non-hydrogen) atoms. The van der Waals surface area contributed by atoms with Crippen LogP contribution < -0.4 is 0 Å². The van der Waals surface area contributed by atoms with Crippen molar-refractivity contribution in [3.63, 3.8) is 0 Å². The summed E-state index contributed by atoms with van der Waals surface area (Å²) in [5.41, 5.74) is 0. The predicted molar refractivity (Wildman–Crippen MR) is 75.0 cm³/mol. The lowest BCUT2D eigenvalue weighted by Crippen LogP contribution is -2.47. The highest BCUT2D eigenvalue weighted by molar-refractivity contribution is 8.00. The number of carbonyl (C=O) groups excluding carboxylic acids is 3. The third kappa shape index (κ3) is 3.65. The van der Waals surface area contributed by atoms with E-state index in [1.165, 1.54) is 11.8 Å². The summed E-state index contributed by atoms with van der Waals surface area (Å²) in [5.74, 6) is 0.532. The van der Waals surface area contributed by atoms with Gasteiger partial charge in [0.2, 0.25) is 11.8 Å². The van der Waals surface area contributed by atoms with Crippen molar-refractivity contribution in [2.75, 3.05) is 37.9 Å². The fraction of sp³-hybridized carbons (Fsp3) is 0.769. The van der Waals surface area contributed by atoms with Gasteiger partial charge in [-0.25, -0.2) is 0 Å². The molecule has 0 aromatic carbocycles. The van der Waals surface area contributed by atoms with Gasteiger partial charge in [-0.2, -0.15) is 0 Å². The lowest BCUT2D eigenvalue weighted by molar-refractivity contribution is -0.152. The van der Waals surface area contributed by atoms with Crippen LogP contribution in [0, 0.1) is 5.92 Å². The fourth-order valence-electron chi connectivity index (χ4n) is 2.46. The molecular formula is C13H20N2O4S. The van der Waals surface area contributed by atoms with Crippen molar-refractivity contribution < 1.29 is 19.1 Å². The number of ether oxygens (including phenoxy) is 1. The van der Waals surface area contributed by atoms with Crippen LogP contribution in [0.2, 0.25) is 0 Å². The van der Waals surface area contributed by atoms with Crippen LogP contribution >= 0.6 is 11.8 Å². The lowest BCUT2D eigenvalue weighted by atomic mass is 9.98. The first-order valence-electron chi connectivity index (χ1n) is 6.91. The van der Waals surface area contributed by atoms with Crippen LogP contribution in [-0.2, 0) is 19.1 Å². The zero-order chi connectivity index (χ0) is 14.5. The summed E-state index contributed by atoms with van der Waals surface area (Å²) in [5, 5.41) is 0. The molecular weight excluding hydrogens is 280 g/mol. The highest BCUT2D eigenvalue weighted by Gasteiger charge is 2.31. The van der Waals surface area contributed by atoms with E-state index in [2.05, 4.69) is 0 Å². The third-order valence-electron chi connectivity index (χ3n) is 3.55. The summed E-state index contributed by atoms with van der Waals surface area (Å²) >= 11 is 1.52. The van der Waals surface area contributed by atoms with Crippen molar-refractivity contribution in [3.05, 3.63) is 0 Å². The normalized spacial score (nSPS) is 23.1. The minimum absolute atomic E-state index is 0.0160. The Hall–Kier alpha value is -1.24. The topological polar surface area (TPSA) is 66.9 Å². The standard InChI is InChI=1S/C13H20N2O4S/c1-2-19-13(18)10-4-3-5-14(6-10)11(16)7-15-9-20-8-12(15)17/h10H,2-9H2,1H3. The van der Waals surface area contributed by atoms with E-state index in [1.807, 2.05) is 0 Å². The average molecular weight is 300 g/mol. The van der Waals surface area contributed by atoms with Crippen molar-refractivity contribution in [1.82, 2.24) is 9.80 Å². The zero-order valence-electron chi connectivity index (χ0n) is 11.7. The molecule has 0 N–H and O–H groups in total. The number of rotatable bonds is 4. The molecule has 1 atom stereocenters. The molecule has 2 amide bonds. The molecule has 2 saturated heterocycles. The Labute approximate surface area is 122 Å². The summed E-state index contributed by atoms with van der Waals surface area (Å²) in [7, 11) is 0. The summed E-state index contributed by atoms with van der Waals surface area (Å²) in [6, 6.07) is 0. The number of esters is 1. The number of amides is 2.